The van der Waals surface area contributed by atoms with Crippen LogP contribution in [0.5, 0.6) is 0 Å². The van der Waals surface area contributed by atoms with Crippen LogP contribution in [0.3, 0.4) is 0 Å². The second-order valence-electron chi connectivity index (χ2n) is 7.61. The zero-order valence-electron chi connectivity index (χ0n) is 14.9. The third kappa shape index (κ3) is 3.77. The summed E-state index contributed by atoms with van der Waals surface area (Å²) in [6, 6.07) is 1.73. The fourth-order valence-electron chi connectivity index (χ4n) is 3.96. The lowest BCUT2D eigenvalue weighted by molar-refractivity contribution is -0.144. The molecule has 2 aliphatic rings. The van der Waals surface area contributed by atoms with E-state index in [0.717, 1.165) is 50.6 Å². The molecule has 2 aromatic heterocycles. The molecule has 1 N–H and O–H groups in total. The van der Waals surface area contributed by atoms with Crippen molar-refractivity contribution in [1.29, 1.82) is 0 Å². The van der Waals surface area contributed by atoms with Gasteiger partial charge in [-0.15, -0.1) is 5.10 Å². The molecule has 0 aromatic carbocycles. The smallest absolute Gasteiger partial charge is 0.356 e. The molecule has 0 unspecified atom stereocenters. The van der Waals surface area contributed by atoms with Gasteiger partial charge in [0.05, 0.1) is 5.69 Å². The van der Waals surface area contributed by atoms with Crippen LogP contribution in [0.1, 0.15) is 62.4 Å². The van der Waals surface area contributed by atoms with Crippen LogP contribution >= 0.6 is 0 Å². The van der Waals surface area contributed by atoms with Crippen molar-refractivity contribution in [1.82, 2.24) is 24.9 Å². The van der Waals surface area contributed by atoms with Gasteiger partial charge in [0.2, 0.25) is 5.91 Å². The standard InChI is InChI=1S/C18H22F3N5O/c19-18(20,21)16-24-17-22-9-8-14(26(17)25-16)12-6-4-11(5-7-12)10-23-15(27)13-2-1-3-13/h8-9,11-13H,1-7,10H2,(H,23,27). The van der Waals surface area contributed by atoms with Gasteiger partial charge in [0, 0.05) is 24.6 Å². The van der Waals surface area contributed by atoms with E-state index in [9.17, 15) is 18.0 Å². The highest BCUT2D eigenvalue weighted by Gasteiger charge is 2.37. The summed E-state index contributed by atoms with van der Waals surface area (Å²) in [6.07, 6.45) is 3.60. The minimum absolute atomic E-state index is 0.0188. The van der Waals surface area contributed by atoms with E-state index >= 15 is 0 Å². The Morgan fingerprint density at radius 3 is 2.56 bits per heavy atom. The monoisotopic (exact) mass is 381 g/mol. The second-order valence-corrected chi connectivity index (χ2v) is 7.61. The molecule has 2 aromatic rings. The van der Waals surface area contributed by atoms with Gasteiger partial charge in [-0.1, -0.05) is 6.42 Å². The number of carbonyl (C=O) groups excluding carboxylic acids is 1. The lowest BCUT2D eigenvalue weighted by atomic mass is 9.80. The van der Waals surface area contributed by atoms with E-state index in [1.165, 1.54) is 10.7 Å². The number of fused-ring (bicyclic) bond motifs is 1. The first kappa shape index (κ1) is 18.2. The number of halogens is 3. The molecule has 27 heavy (non-hydrogen) atoms. The summed E-state index contributed by atoms with van der Waals surface area (Å²) >= 11 is 0. The lowest BCUT2D eigenvalue weighted by Gasteiger charge is -2.30. The minimum atomic E-state index is -4.58. The van der Waals surface area contributed by atoms with Crippen molar-refractivity contribution in [3.8, 4) is 0 Å². The quantitative estimate of drug-likeness (QED) is 0.882. The average molecular weight is 381 g/mol. The summed E-state index contributed by atoms with van der Waals surface area (Å²) in [4.78, 5) is 19.4. The molecule has 0 radical (unpaired) electrons. The first-order valence-electron chi connectivity index (χ1n) is 9.48. The molecule has 0 atom stereocenters. The molecule has 2 heterocycles. The van der Waals surface area contributed by atoms with E-state index in [2.05, 4.69) is 20.4 Å². The number of hydrogen-bond acceptors (Lipinski definition) is 4. The van der Waals surface area contributed by atoms with E-state index < -0.39 is 12.0 Å². The zero-order chi connectivity index (χ0) is 19.0. The van der Waals surface area contributed by atoms with Gasteiger partial charge in [0.25, 0.3) is 11.6 Å². The molecule has 146 valence electrons. The molecule has 0 spiro atoms. The van der Waals surface area contributed by atoms with Crippen molar-refractivity contribution >= 4 is 11.7 Å². The highest BCUT2D eigenvalue weighted by molar-refractivity contribution is 5.79. The SMILES string of the molecule is O=C(NCC1CCC(c2ccnc3nc(C(F)(F)F)nn23)CC1)C1CCC1. The number of aromatic nitrogens is 4. The highest BCUT2D eigenvalue weighted by Crippen LogP contribution is 2.36. The Hall–Kier alpha value is -2.19. The summed E-state index contributed by atoms with van der Waals surface area (Å²) < 4.78 is 39.9. The molecular weight excluding hydrogens is 359 g/mol. The average Bonchev–Trinajstić information content (AvgIpc) is 3.03. The fourth-order valence-corrected chi connectivity index (χ4v) is 3.96. The predicted octanol–water partition coefficient (Wildman–Crippen LogP) is 3.33. The van der Waals surface area contributed by atoms with Crippen LogP contribution in [-0.2, 0) is 11.0 Å². The van der Waals surface area contributed by atoms with E-state index in [-0.39, 0.29) is 23.5 Å². The minimum Gasteiger partial charge on any atom is -0.356 e. The molecule has 2 aliphatic carbocycles. The fraction of sp³-hybridized carbons (Fsp3) is 0.667. The number of hydrogen-bond donors (Lipinski definition) is 1. The lowest BCUT2D eigenvalue weighted by Crippen LogP contribution is -2.37. The van der Waals surface area contributed by atoms with Crippen LogP contribution in [0.2, 0.25) is 0 Å². The van der Waals surface area contributed by atoms with Crippen LogP contribution in [-0.4, -0.2) is 32.0 Å². The van der Waals surface area contributed by atoms with Crippen molar-refractivity contribution in [2.45, 2.75) is 57.0 Å². The van der Waals surface area contributed by atoms with E-state index in [1.807, 2.05) is 0 Å². The third-order valence-electron chi connectivity index (χ3n) is 5.83. The number of carbonyl (C=O) groups is 1. The van der Waals surface area contributed by atoms with Crippen molar-refractivity contribution < 1.29 is 18.0 Å². The van der Waals surface area contributed by atoms with Gasteiger partial charge in [-0.3, -0.25) is 4.79 Å². The largest absolute Gasteiger partial charge is 0.453 e. The molecule has 9 heteroatoms. The Bertz CT molecular complexity index is 822. The van der Waals surface area contributed by atoms with Gasteiger partial charge in [-0.05, 0) is 50.5 Å². The Kier molecular flexibility index (Phi) is 4.77. The summed E-state index contributed by atoms with van der Waals surface area (Å²) in [5.74, 6) is -0.270. The Morgan fingerprint density at radius 2 is 1.93 bits per heavy atom. The van der Waals surface area contributed by atoms with Crippen molar-refractivity contribution in [2.24, 2.45) is 11.8 Å². The Morgan fingerprint density at radius 1 is 1.19 bits per heavy atom. The number of rotatable bonds is 4. The molecule has 0 aliphatic heterocycles. The Balaban J connectivity index is 1.39. The zero-order valence-corrected chi connectivity index (χ0v) is 14.9. The van der Waals surface area contributed by atoms with Crippen molar-refractivity contribution in [2.75, 3.05) is 6.54 Å². The number of amides is 1. The molecule has 2 saturated carbocycles. The predicted molar refractivity (Wildman–Crippen MR) is 90.8 cm³/mol. The maximum Gasteiger partial charge on any atom is 0.453 e. The van der Waals surface area contributed by atoms with Crippen LogP contribution in [0.15, 0.2) is 12.3 Å². The maximum atomic E-state index is 12.9. The van der Waals surface area contributed by atoms with Crippen molar-refractivity contribution in [3.05, 3.63) is 23.8 Å². The second kappa shape index (κ2) is 7.09. The van der Waals surface area contributed by atoms with Crippen LogP contribution in [0, 0.1) is 11.8 Å². The molecule has 2 fully saturated rings. The van der Waals surface area contributed by atoms with Gasteiger partial charge in [0.15, 0.2) is 0 Å². The molecule has 6 nitrogen and oxygen atoms in total. The number of nitrogens with one attached hydrogen (secondary N) is 1. The van der Waals surface area contributed by atoms with Crippen LogP contribution < -0.4 is 5.32 Å². The number of alkyl halides is 3. The van der Waals surface area contributed by atoms with Gasteiger partial charge >= 0.3 is 6.18 Å². The summed E-state index contributed by atoms with van der Waals surface area (Å²) in [5.41, 5.74) is 0.722. The third-order valence-corrected chi connectivity index (χ3v) is 5.83. The first-order valence-corrected chi connectivity index (χ1v) is 9.48. The van der Waals surface area contributed by atoms with Crippen LogP contribution in [0.25, 0.3) is 5.78 Å². The molecule has 1 amide bonds. The summed E-state index contributed by atoms with van der Waals surface area (Å²) in [7, 11) is 0. The first-order chi connectivity index (χ1) is 12.9. The highest BCUT2D eigenvalue weighted by atomic mass is 19.4. The van der Waals surface area contributed by atoms with Gasteiger partial charge in [0.1, 0.15) is 0 Å². The molecule has 0 bridgehead atoms. The molecular formula is C18H22F3N5O. The summed E-state index contributed by atoms with van der Waals surface area (Å²) in [6.45, 7) is 0.690. The molecule has 0 saturated heterocycles. The molecule has 4 rings (SSSR count). The Labute approximate surface area is 154 Å². The van der Waals surface area contributed by atoms with E-state index in [0.29, 0.717) is 12.5 Å². The van der Waals surface area contributed by atoms with E-state index in [1.54, 1.807) is 6.07 Å². The van der Waals surface area contributed by atoms with E-state index in [4.69, 9.17) is 0 Å². The normalized spacial score (nSPS) is 24.0. The maximum absolute atomic E-state index is 12.9. The topological polar surface area (TPSA) is 72.2 Å². The van der Waals surface area contributed by atoms with Gasteiger partial charge < -0.3 is 5.32 Å². The number of nitrogens with zero attached hydrogens (tertiary/aromatic N) is 4. The van der Waals surface area contributed by atoms with Crippen LogP contribution in [0.4, 0.5) is 13.2 Å². The van der Waals surface area contributed by atoms with Gasteiger partial charge in [-0.25, -0.2) is 9.50 Å². The van der Waals surface area contributed by atoms with Crippen molar-refractivity contribution in [3.63, 3.8) is 0 Å². The summed E-state index contributed by atoms with van der Waals surface area (Å²) in [5, 5.41) is 6.69. The van der Waals surface area contributed by atoms with Gasteiger partial charge in [-0.2, -0.15) is 18.2 Å².